The average molecular weight is 359 g/mol. The first kappa shape index (κ1) is 17.3. The Bertz CT molecular complexity index is 876. The van der Waals surface area contributed by atoms with Gasteiger partial charge in [-0.3, -0.25) is 4.98 Å². The molecule has 5 nitrogen and oxygen atoms in total. The van der Waals surface area contributed by atoms with Gasteiger partial charge in [0.15, 0.2) is 5.82 Å². The Labute approximate surface area is 149 Å². The Hall–Kier alpha value is -2.57. The fraction of sp³-hybridized carbons (Fsp3) is 0.167. The molecule has 3 rings (SSSR count). The van der Waals surface area contributed by atoms with Gasteiger partial charge in [0.2, 0.25) is 0 Å². The summed E-state index contributed by atoms with van der Waals surface area (Å²) in [4.78, 5) is 12.9. The average Bonchev–Trinajstić information content (AvgIpc) is 2.62. The summed E-state index contributed by atoms with van der Waals surface area (Å²) in [5.74, 6) is 0.553. The minimum atomic E-state index is -0.899. The summed E-state index contributed by atoms with van der Waals surface area (Å²) in [5.41, 5.74) is 2.02. The molecule has 0 radical (unpaired) electrons. The van der Waals surface area contributed by atoms with Crippen molar-refractivity contribution in [1.82, 2.24) is 15.0 Å². The van der Waals surface area contributed by atoms with E-state index in [4.69, 9.17) is 11.6 Å². The third kappa shape index (κ3) is 4.29. The molecular formula is C18H16ClFN4O. The summed E-state index contributed by atoms with van der Waals surface area (Å²) in [6.07, 6.45) is 2.47. The van der Waals surface area contributed by atoms with E-state index < -0.39 is 11.9 Å². The molecule has 1 unspecified atom stereocenters. The second-order valence-electron chi connectivity index (χ2n) is 5.53. The molecule has 2 heterocycles. The molecule has 0 fully saturated rings. The number of nitrogens with zero attached hydrogens (tertiary/aromatic N) is 3. The van der Waals surface area contributed by atoms with Crippen molar-refractivity contribution in [2.24, 2.45) is 0 Å². The summed E-state index contributed by atoms with van der Waals surface area (Å²) in [5, 5.41) is 13.3. The van der Waals surface area contributed by atoms with E-state index in [2.05, 4.69) is 20.3 Å². The van der Waals surface area contributed by atoms with Gasteiger partial charge >= 0.3 is 0 Å². The zero-order valence-electron chi connectivity index (χ0n) is 13.4. The highest BCUT2D eigenvalue weighted by molar-refractivity contribution is 6.30. The van der Waals surface area contributed by atoms with Crippen LogP contribution in [0.1, 0.15) is 17.4 Å². The standard InChI is InChI=1S/C18H16ClFN4O/c1-11-7-17(24-18(23-11)13-3-2-6-21-9-13)22-10-16(25)12-4-5-14(19)15(20)8-12/h2-9,16,25H,10H2,1H3,(H,22,23,24). The van der Waals surface area contributed by atoms with Crippen molar-refractivity contribution in [3.05, 3.63) is 70.9 Å². The van der Waals surface area contributed by atoms with Gasteiger partial charge in [-0.2, -0.15) is 0 Å². The lowest BCUT2D eigenvalue weighted by Crippen LogP contribution is -2.14. The SMILES string of the molecule is Cc1cc(NCC(O)c2ccc(Cl)c(F)c2)nc(-c2cccnc2)n1. The third-order valence-corrected chi connectivity index (χ3v) is 3.89. The van der Waals surface area contributed by atoms with Crippen molar-refractivity contribution in [3.8, 4) is 11.4 Å². The maximum absolute atomic E-state index is 13.5. The van der Waals surface area contributed by atoms with Crippen LogP contribution in [0.25, 0.3) is 11.4 Å². The molecule has 7 heteroatoms. The first-order chi connectivity index (χ1) is 12.0. The number of aliphatic hydroxyl groups excluding tert-OH is 1. The Kier molecular flexibility index (Phi) is 5.21. The van der Waals surface area contributed by atoms with E-state index >= 15 is 0 Å². The van der Waals surface area contributed by atoms with Gasteiger partial charge in [0.25, 0.3) is 0 Å². The van der Waals surface area contributed by atoms with Crippen LogP contribution in [0.3, 0.4) is 0 Å². The lowest BCUT2D eigenvalue weighted by atomic mass is 10.1. The maximum Gasteiger partial charge on any atom is 0.163 e. The normalized spacial score (nSPS) is 12.0. The van der Waals surface area contributed by atoms with E-state index in [1.165, 1.54) is 12.1 Å². The lowest BCUT2D eigenvalue weighted by molar-refractivity contribution is 0.191. The van der Waals surface area contributed by atoms with Crippen molar-refractivity contribution in [2.45, 2.75) is 13.0 Å². The molecule has 2 aromatic heterocycles. The van der Waals surface area contributed by atoms with E-state index in [9.17, 15) is 9.50 Å². The van der Waals surface area contributed by atoms with Crippen molar-refractivity contribution in [2.75, 3.05) is 11.9 Å². The minimum absolute atomic E-state index is 0.0245. The number of halogens is 2. The van der Waals surface area contributed by atoms with Crippen LogP contribution in [0.15, 0.2) is 48.8 Å². The van der Waals surface area contributed by atoms with Crippen LogP contribution in [0.2, 0.25) is 5.02 Å². The number of rotatable bonds is 5. The minimum Gasteiger partial charge on any atom is -0.387 e. The summed E-state index contributed by atoms with van der Waals surface area (Å²) in [6.45, 7) is 2.03. The topological polar surface area (TPSA) is 70.9 Å². The Morgan fingerprint density at radius 1 is 1.24 bits per heavy atom. The molecule has 3 aromatic rings. The summed E-state index contributed by atoms with van der Waals surface area (Å²) in [7, 11) is 0. The molecule has 0 aliphatic carbocycles. The number of aromatic nitrogens is 3. The number of benzene rings is 1. The van der Waals surface area contributed by atoms with Crippen LogP contribution in [0.4, 0.5) is 10.2 Å². The Morgan fingerprint density at radius 2 is 2.08 bits per heavy atom. The highest BCUT2D eigenvalue weighted by Crippen LogP contribution is 2.21. The summed E-state index contributed by atoms with van der Waals surface area (Å²) < 4.78 is 13.5. The first-order valence-corrected chi connectivity index (χ1v) is 8.03. The maximum atomic E-state index is 13.5. The molecule has 0 spiro atoms. The predicted molar refractivity (Wildman–Crippen MR) is 94.9 cm³/mol. The van der Waals surface area contributed by atoms with E-state index in [0.29, 0.717) is 17.2 Å². The Balaban J connectivity index is 1.74. The Morgan fingerprint density at radius 3 is 2.80 bits per heavy atom. The van der Waals surface area contributed by atoms with Gasteiger partial charge in [-0.1, -0.05) is 17.7 Å². The first-order valence-electron chi connectivity index (χ1n) is 7.66. The van der Waals surface area contributed by atoms with Gasteiger partial charge in [-0.15, -0.1) is 0 Å². The van der Waals surface area contributed by atoms with Gasteiger partial charge in [0, 0.05) is 36.3 Å². The fourth-order valence-electron chi connectivity index (χ4n) is 2.32. The molecule has 0 aliphatic rings. The summed E-state index contributed by atoms with van der Waals surface area (Å²) in [6, 6.07) is 9.69. The van der Waals surface area contributed by atoms with E-state index in [-0.39, 0.29) is 11.6 Å². The monoisotopic (exact) mass is 358 g/mol. The second-order valence-corrected chi connectivity index (χ2v) is 5.94. The number of aliphatic hydroxyl groups is 1. The molecule has 0 bridgehead atoms. The van der Waals surface area contributed by atoms with Gasteiger partial charge in [0.05, 0.1) is 11.1 Å². The van der Waals surface area contributed by atoms with E-state index in [1.54, 1.807) is 24.5 Å². The molecule has 1 atom stereocenters. The second kappa shape index (κ2) is 7.55. The van der Waals surface area contributed by atoms with Crippen molar-refractivity contribution in [3.63, 3.8) is 0 Å². The summed E-state index contributed by atoms with van der Waals surface area (Å²) >= 11 is 5.66. The number of anilines is 1. The zero-order chi connectivity index (χ0) is 17.8. The van der Waals surface area contributed by atoms with Gasteiger partial charge in [0.1, 0.15) is 11.6 Å². The van der Waals surface area contributed by atoms with E-state index in [0.717, 1.165) is 11.3 Å². The molecule has 128 valence electrons. The van der Waals surface area contributed by atoms with Crippen LogP contribution in [-0.2, 0) is 0 Å². The van der Waals surface area contributed by atoms with Crippen LogP contribution >= 0.6 is 11.6 Å². The van der Waals surface area contributed by atoms with Crippen LogP contribution in [0.5, 0.6) is 0 Å². The molecule has 0 saturated heterocycles. The molecule has 1 aromatic carbocycles. The number of hydrogen-bond donors (Lipinski definition) is 2. The van der Waals surface area contributed by atoms with E-state index in [1.807, 2.05) is 19.1 Å². The zero-order valence-corrected chi connectivity index (χ0v) is 14.2. The van der Waals surface area contributed by atoms with Crippen LogP contribution in [-0.4, -0.2) is 26.6 Å². The highest BCUT2D eigenvalue weighted by Gasteiger charge is 2.11. The number of hydrogen-bond acceptors (Lipinski definition) is 5. The van der Waals surface area contributed by atoms with Crippen molar-refractivity contribution < 1.29 is 9.50 Å². The molecular weight excluding hydrogens is 343 g/mol. The van der Waals surface area contributed by atoms with Crippen LogP contribution in [0, 0.1) is 12.7 Å². The molecule has 0 saturated carbocycles. The number of nitrogens with one attached hydrogen (secondary N) is 1. The van der Waals surface area contributed by atoms with Crippen LogP contribution < -0.4 is 5.32 Å². The molecule has 0 amide bonds. The number of aryl methyl sites for hydroxylation is 1. The lowest BCUT2D eigenvalue weighted by Gasteiger charge is -2.14. The highest BCUT2D eigenvalue weighted by atomic mass is 35.5. The van der Waals surface area contributed by atoms with Crippen molar-refractivity contribution >= 4 is 17.4 Å². The van der Waals surface area contributed by atoms with Crippen molar-refractivity contribution in [1.29, 1.82) is 0 Å². The quantitative estimate of drug-likeness (QED) is 0.726. The number of pyridine rings is 1. The predicted octanol–water partition coefficient (Wildman–Crippen LogP) is 3.79. The van der Waals surface area contributed by atoms with Gasteiger partial charge < -0.3 is 10.4 Å². The molecule has 25 heavy (non-hydrogen) atoms. The van der Waals surface area contributed by atoms with Gasteiger partial charge in [-0.25, -0.2) is 14.4 Å². The van der Waals surface area contributed by atoms with Gasteiger partial charge in [-0.05, 0) is 36.8 Å². The fourth-order valence-corrected chi connectivity index (χ4v) is 2.44. The largest absolute Gasteiger partial charge is 0.387 e. The smallest absolute Gasteiger partial charge is 0.163 e. The molecule has 2 N–H and O–H groups in total. The molecule has 0 aliphatic heterocycles. The third-order valence-electron chi connectivity index (χ3n) is 3.58.